The molecule has 2 heterocycles. The summed E-state index contributed by atoms with van der Waals surface area (Å²) < 4.78 is 6.30. The lowest BCUT2D eigenvalue weighted by molar-refractivity contribution is -0.142. The Morgan fingerprint density at radius 2 is 2.10 bits per heavy atom. The second kappa shape index (κ2) is 11.8. The summed E-state index contributed by atoms with van der Waals surface area (Å²) in [7, 11) is 1.92. The van der Waals surface area contributed by atoms with Gasteiger partial charge in [0.05, 0.1) is 18.6 Å². The van der Waals surface area contributed by atoms with Gasteiger partial charge in [0.25, 0.3) is 0 Å². The molecule has 1 aliphatic heterocycles. The Balaban J connectivity index is 1.51. The first-order valence-corrected chi connectivity index (χ1v) is 11.4. The number of benzene rings is 1. The number of anilines is 1. The zero-order valence-corrected chi connectivity index (χ0v) is 18.7. The van der Waals surface area contributed by atoms with E-state index < -0.39 is 12.1 Å². The summed E-state index contributed by atoms with van der Waals surface area (Å²) >= 11 is 0. The van der Waals surface area contributed by atoms with E-state index in [4.69, 9.17) is 9.72 Å². The Morgan fingerprint density at radius 1 is 1.29 bits per heavy atom. The Morgan fingerprint density at radius 3 is 2.81 bits per heavy atom. The van der Waals surface area contributed by atoms with Crippen LogP contribution in [0.4, 0.5) is 5.82 Å². The van der Waals surface area contributed by atoms with Crippen LogP contribution in [0.2, 0.25) is 0 Å². The van der Waals surface area contributed by atoms with Gasteiger partial charge in [-0.25, -0.2) is 4.98 Å². The minimum absolute atomic E-state index is 0.00621. The third kappa shape index (κ3) is 7.04. The van der Waals surface area contributed by atoms with Gasteiger partial charge >= 0.3 is 5.97 Å². The maximum Gasteiger partial charge on any atom is 0.306 e. The first kappa shape index (κ1) is 23.2. The maximum absolute atomic E-state index is 11.4. The molecule has 2 unspecified atom stereocenters. The number of carboxylic acid groups (broad SMARTS) is 1. The van der Waals surface area contributed by atoms with E-state index in [0.717, 1.165) is 68.8 Å². The van der Waals surface area contributed by atoms with Gasteiger partial charge in [0.15, 0.2) is 0 Å². The highest BCUT2D eigenvalue weighted by Crippen LogP contribution is 2.26. The standard InChI is InChI=1S/C25H35N3O3/c1-3-19-13-14-21(27-25(19)26-2)11-7-15-28-16-8-12-22(18-28)31-23(17-24(29)30)20-9-5-4-6-10-20/h4-6,9-10,13-14,22-23H,3,7-8,11-12,15-18H2,1-2H3,(H,26,27)(H,29,30). The summed E-state index contributed by atoms with van der Waals surface area (Å²) in [6, 6.07) is 14.0. The molecule has 0 amide bonds. The highest BCUT2D eigenvalue weighted by molar-refractivity contribution is 5.67. The summed E-state index contributed by atoms with van der Waals surface area (Å²) in [5.74, 6) is 0.154. The molecule has 2 aromatic rings. The molecule has 1 fully saturated rings. The fourth-order valence-electron chi connectivity index (χ4n) is 4.28. The van der Waals surface area contributed by atoms with Crippen molar-refractivity contribution < 1.29 is 14.6 Å². The van der Waals surface area contributed by atoms with Crippen LogP contribution in [0, 0.1) is 0 Å². The Kier molecular flexibility index (Phi) is 8.85. The number of rotatable bonds is 11. The Labute approximate surface area is 185 Å². The quantitative estimate of drug-likeness (QED) is 0.559. The minimum Gasteiger partial charge on any atom is -0.481 e. The van der Waals surface area contributed by atoms with E-state index in [1.54, 1.807) is 0 Å². The molecule has 0 spiro atoms. The predicted octanol–water partition coefficient (Wildman–Crippen LogP) is 4.32. The van der Waals surface area contributed by atoms with E-state index in [0.29, 0.717) is 0 Å². The molecule has 1 aromatic carbocycles. The van der Waals surface area contributed by atoms with Crippen molar-refractivity contribution in [3.05, 3.63) is 59.3 Å². The number of likely N-dealkylation sites (tertiary alicyclic amines) is 1. The van der Waals surface area contributed by atoms with Crippen molar-refractivity contribution in [1.29, 1.82) is 0 Å². The first-order chi connectivity index (χ1) is 15.1. The van der Waals surface area contributed by atoms with Gasteiger partial charge in [0, 0.05) is 19.3 Å². The Hall–Kier alpha value is -2.44. The average molecular weight is 426 g/mol. The topological polar surface area (TPSA) is 74.7 Å². The molecule has 2 N–H and O–H groups in total. The molecule has 1 aromatic heterocycles. The molecule has 1 saturated heterocycles. The van der Waals surface area contributed by atoms with Crippen molar-refractivity contribution in [3.63, 3.8) is 0 Å². The number of nitrogens with one attached hydrogen (secondary N) is 1. The van der Waals surface area contributed by atoms with E-state index in [2.05, 4.69) is 29.3 Å². The number of pyridine rings is 1. The fourth-order valence-corrected chi connectivity index (χ4v) is 4.28. The van der Waals surface area contributed by atoms with Crippen LogP contribution in [-0.4, -0.2) is 53.7 Å². The molecule has 1 aliphatic rings. The van der Waals surface area contributed by atoms with E-state index in [9.17, 15) is 9.90 Å². The van der Waals surface area contributed by atoms with E-state index in [1.807, 2.05) is 37.4 Å². The third-order valence-electron chi connectivity index (χ3n) is 5.91. The van der Waals surface area contributed by atoms with Crippen LogP contribution in [0.15, 0.2) is 42.5 Å². The molecular weight excluding hydrogens is 390 g/mol. The SMILES string of the molecule is CCc1ccc(CCCN2CCCC(OC(CC(=O)O)c3ccccc3)C2)nc1NC. The number of ether oxygens (including phenoxy) is 1. The molecule has 6 heteroatoms. The molecule has 6 nitrogen and oxygen atoms in total. The number of carbonyl (C=O) groups is 1. The summed E-state index contributed by atoms with van der Waals surface area (Å²) in [5, 5.41) is 12.5. The third-order valence-corrected chi connectivity index (χ3v) is 5.91. The van der Waals surface area contributed by atoms with Crippen LogP contribution >= 0.6 is 0 Å². The number of nitrogens with zero attached hydrogens (tertiary/aromatic N) is 2. The number of carboxylic acids is 1. The Bertz CT molecular complexity index is 828. The molecular formula is C25H35N3O3. The van der Waals surface area contributed by atoms with Crippen LogP contribution in [0.25, 0.3) is 0 Å². The highest BCUT2D eigenvalue weighted by Gasteiger charge is 2.25. The van der Waals surface area contributed by atoms with Crippen LogP contribution in [-0.2, 0) is 22.4 Å². The van der Waals surface area contributed by atoms with E-state index >= 15 is 0 Å². The molecule has 0 saturated carbocycles. The number of aromatic nitrogens is 1. The zero-order valence-electron chi connectivity index (χ0n) is 18.7. The maximum atomic E-state index is 11.4. The van der Waals surface area contributed by atoms with E-state index in [-0.39, 0.29) is 12.5 Å². The van der Waals surface area contributed by atoms with Crippen molar-refractivity contribution in [3.8, 4) is 0 Å². The molecule has 3 rings (SSSR count). The number of aryl methyl sites for hydroxylation is 2. The summed E-state index contributed by atoms with van der Waals surface area (Å²) in [5.41, 5.74) is 3.30. The number of aliphatic carboxylic acids is 1. The highest BCUT2D eigenvalue weighted by atomic mass is 16.5. The van der Waals surface area contributed by atoms with E-state index in [1.165, 1.54) is 5.56 Å². The summed E-state index contributed by atoms with van der Waals surface area (Å²) in [4.78, 5) is 18.5. The van der Waals surface area contributed by atoms with Crippen molar-refractivity contribution in [2.45, 2.75) is 57.7 Å². The zero-order chi connectivity index (χ0) is 22.1. The molecule has 0 bridgehead atoms. The van der Waals surface area contributed by atoms with Crippen LogP contribution in [0.3, 0.4) is 0 Å². The van der Waals surface area contributed by atoms with Gasteiger partial charge < -0.3 is 20.1 Å². The molecule has 2 atom stereocenters. The lowest BCUT2D eigenvalue weighted by atomic mass is 10.0. The monoisotopic (exact) mass is 425 g/mol. The van der Waals surface area contributed by atoms with Crippen LogP contribution in [0.5, 0.6) is 0 Å². The summed E-state index contributed by atoms with van der Waals surface area (Å²) in [6.45, 7) is 5.07. The predicted molar refractivity (Wildman–Crippen MR) is 123 cm³/mol. The molecule has 0 radical (unpaired) electrons. The van der Waals surface area contributed by atoms with Gasteiger partial charge in [-0.3, -0.25) is 4.79 Å². The first-order valence-electron chi connectivity index (χ1n) is 11.4. The molecule has 0 aliphatic carbocycles. The van der Waals surface area contributed by atoms with Gasteiger partial charge in [-0.15, -0.1) is 0 Å². The van der Waals surface area contributed by atoms with Crippen molar-refractivity contribution in [2.24, 2.45) is 0 Å². The smallest absolute Gasteiger partial charge is 0.306 e. The minimum atomic E-state index is -0.830. The molecule has 168 valence electrons. The van der Waals surface area contributed by atoms with Gasteiger partial charge in [0.1, 0.15) is 5.82 Å². The van der Waals surface area contributed by atoms with Crippen molar-refractivity contribution >= 4 is 11.8 Å². The van der Waals surface area contributed by atoms with Gasteiger partial charge in [-0.2, -0.15) is 0 Å². The van der Waals surface area contributed by atoms with Crippen molar-refractivity contribution in [1.82, 2.24) is 9.88 Å². The van der Waals surface area contributed by atoms with Crippen LogP contribution in [0.1, 0.15) is 55.5 Å². The van der Waals surface area contributed by atoms with Crippen molar-refractivity contribution in [2.75, 3.05) is 32.0 Å². The van der Waals surface area contributed by atoms with Crippen LogP contribution < -0.4 is 5.32 Å². The van der Waals surface area contributed by atoms with Gasteiger partial charge in [0.2, 0.25) is 0 Å². The van der Waals surface area contributed by atoms with Gasteiger partial charge in [-0.1, -0.05) is 43.3 Å². The van der Waals surface area contributed by atoms with Gasteiger partial charge in [-0.05, 0) is 62.4 Å². The fraction of sp³-hybridized carbons (Fsp3) is 0.520. The second-order valence-electron chi connectivity index (χ2n) is 8.22. The average Bonchev–Trinajstić information content (AvgIpc) is 2.79. The number of piperidine rings is 1. The molecule has 31 heavy (non-hydrogen) atoms. The number of hydrogen-bond donors (Lipinski definition) is 2. The largest absolute Gasteiger partial charge is 0.481 e. The number of hydrogen-bond acceptors (Lipinski definition) is 5. The lowest BCUT2D eigenvalue weighted by Gasteiger charge is -2.34. The summed E-state index contributed by atoms with van der Waals surface area (Å²) in [6.07, 6.45) is 4.69. The lowest BCUT2D eigenvalue weighted by Crippen LogP contribution is -2.40. The second-order valence-corrected chi connectivity index (χ2v) is 8.22. The normalized spacial score (nSPS) is 17.9.